The fraction of sp³-hybridized carbons (Fsp3) is 0.222. The van der Waals surface area contributed by atoms with E-state index in [1.54, 1.807) is 0 Å². The summed E-state index contributed by atoms with van der Waals surface area (Å²) in [7, 11) is 0. The van der Waals surface area contributed by atoms with E-state index in [0.717, 1.165) is 4.68 Å². The molecule has 0 aliphatic heterocycles. The maximum absolute atomic E-state index is 12.1. The Morgan fingerprint density at radius 3 is 2.89 bits per heavy atom. The average molecular weight is 275 g/mol. The largest absolute Gasteiger partial charge is 0.382 e. The summed E-state index contributed by atoms with van der Waals surface area (Å²) in [5, 5.41) is 6.77. The first-order valence-corrected chi connectivity index (χ1v) is 5.28. The molecule has 0 atom stereocenters. The summed E-state index contributed by atoms with van der Waals surface area (Å²) in [5.74, 6) is 0.350. The lowest BCUT2D eigenvalue weighted by atomic mass is 10.5. The lowest BCUT2D eigenvalue weighted by molar-refractivity contribution is 0.122. The first-order valence-electron chi connectivity index (χ1n) is 4.90. The van der Waals surface area contributed by atoms with Crippen LogP contribution in [0, 0.1) is 0 Å². The first-order chi connectivity index (χ1) is 8.54. The van der Waals surface area contributed by atoms with Crippen molar-refractivity contribution in [2.75, 3.05) is 11.1 Å². The van der Waals surface area contributed by atoms with Crippen molar-refractivity contribution in [1.82, 2.24) is 19.7 Å². The van der Waals surface area contributed by atoms with E-state index in [0.29, 0.717) is 5.69 Å². The van der Waals surface area contributed by atoms with E-state index in [-0.39, 0.29) is 16.8 Å². The third kappa shape index (κ3) is 3.04. The number of halogens is 3. The molecule has 18 heavy (non-hydrogen) atoms. The van der Waals surface area contributed by atoms with Gasteiger partial charge in [0.15, 0.2) is 0 Å². The number of nitrogens with one attached hydrogen (secondary N) is 1. The molecule has 0 bridgehead atoms. The van der Waals surface area contributed by atoms with Crippen molar-refractivity contribution in [3.63, 3.8) is 0 Å². The highest BCUT2D eigenvalue weighted by Crippen LogP contribution is 2.18. The van der Waals surface area contributed by atoms with Crippen molar-refractivity contribution >= 4 is 29.1 Å². The molecule has 9 heteroatoms. The molecule has 0 fully saturated rings. The maximum Gasteiger partial charge on any atom is 0.257 e. The number of anilines is 3. The van der Waals surface area contributed by atoms with Gasteiger partial charge in [0.1, 0.15) is 17.4 Å². The molecule has 0 radical (unpaired) electrons. The Morgan fingerprint density at radius 1 is 1.44 bits per heavy atom. The molecule has 0 aromatic carbocycles. The minimum absolute atomic E-state index is 0.133. The van der Waals surface area contributed by atoms with E-state index in [2.05, 4.69) is 20.4 Å². The third-order valence-electron chi connectivity index (χ3n) is 1.99. The molecular formula is C9H9ClF2N6. The normalized spacial score (nSPS) is 10.9. The summed E-state index contributed by atoms with van der Waals surface area (Å²) in [6, 6.07) is 0. The molecule has 0 saturated carbocycles. The number of nitrogen functional groups attached to an aromatic ring is 1. The quantitative estimate of drug-likeness (QED) is 0.890. The summed E-state index contributed by atoms with van der Waals surface area (Å²) in [4.78, 5) is 7.76. The molecule has 0 unspecified atom stereocenters. The van der Waals surface area contributed by atoms with Gasteiger partial charge in [-0.1, -0.05) is 11.6 Å². The number of aromatic nitrogens is 4. The maximum atomic E-state index is 12.1. The zero-order valence-corrected chi connectivity index (χ0v) is 9.77. The molecule has 2 heterocycles. The van der Waals surface area contributed by atoms with Crippen LogP contribution in [0.15, 0.2) is 18.6 Å². The van der Waals surface area contributed by atoms with Crippen molar-refractivity contribution in [2.24, 2.45) is 0 Å². The Morgan fingerprint density at radius 2 is 2.22 bits per heavy atom. The number of nitrogens with zero attached hydrogens (tertiary/aromatic N) is 4. The lowest BCUT2D eigenvalue weighted by Gasteiger charge is -2.03. The van der Waals surface area contributed by atoms with Crippen molar-refractivity contribution in [3.8, 4) is 0 Å². The third-order valence-corrected chi connectivity index (χ3v) is 2.28. The van der Waals surface area contributed by atoms with Crippen molar-refractivity contribution in [1.29, 1.82) is 0 Å². The van der Waals surface area contributed by atoms with Crippen molar-refractivity contribution < 1.29 is 8.78 Å². The van der Waals surface area contributed by atoms with Gasteiger partial charge in [0.25, 0.3) is 6.43 Å². The summed E-state index contributed by atoms with van der Waals surface area (Å²) in [6.45, 7) is -0.467. The molecule has 0 aliphatic carbocycles. The number of nitrogens with two attached hydrogens (primary N) is 1. The predicted octanol–water partition coefficient (Wildman–Crippen LogP) is 1.92. The van der Waals surface area contributed by atoms with E-state index in [1.807, 2.05) is 0 Å². The Labute approximate surface area is 106 Å². The van der Waals surface area contributed by atoms with Gasteiger partial charge in [0.05, 0.1) is 18.1 Å². The standard InChI is InChI=1S/C9H9ClF2N6/c10-6-2-14-9(17-8(6)13)16-5-1-15-18(3-5)4-7(11)12/h1-3,7H,4H2,(H3,13,14,16,17). The van der Waals surface area contributed by atoms with Gasteiger partial charge in [-0.15, -0.1) is 0 Å². The minimum Gasteiger partial charge on any atom is -0.382 e. The zero-order chi connectivity index (χ0) is 13.1. The second-order valence-corrected chi connectivity index (χ2v) is 3.80. The topological polar surface area (TPSA) is 81.6 Å². The van der Waals surface area contributed by atoms with Gasteiger partial charge in [0, 0.05) is 6.20 Å². The number of alkyl halides is 2. The van der Waals surface area contributed by atoms with Gasteiger partial charge in [0.2, 0.25) is 5.95 Å². The van der Waals surface area contributed by atoms with E-state index in [4.69, 9.17) is 17.3 Å². The Kier molecular flexibility index (Phi) is 3.56. The molecule has 96 valence electrons. The molecule has 3 N–H and O–H groups in total. The predicted molar refractivity (Wildman–Crippen MR) is 63.0 cm³/mol. The smallest absolute Gasteiger partial charge is 0.257 e. The number of hydrogen-bond donors (Lipinski definition) is 2. The minimum atomic E-state index is -2.46. The van der Waals surface area contributed by atoms with E-state index in [1.165, 1.54) is 18.6 Å². The molecule has 2 aromatic heterocycles. The van der Waals surface area contributed by atoms with Gasteiger partial charge in [-0.05, 0) is 0 Å². The summed E-state index contributed by atoms with van der Waals surface area (Å²) >= 11 is 5.67. The molecule has 0 aliphatic rings. The fourth-order valence-electron chi connectivity index (χ4n) is 1.24. The highest BCUT2D eigenvalue weighted by molar-refractivity contribution is 6.32. The molecule has 0 saturated heterocycles. The zero-order valence-electron chi connectivity index (χ0n) is 9.02. The molecule has 2 aromatic rings. The highest BCUT2D eigenvalue weighted by Gasteiger charge is 2.07. The molecule has 0 spiro atoms. The van der Waals surface area contributed by atoms with Crippen LogP contribution in [0.4, 0.5) is 26.2 Å². The van der Waals surface area contributed by atoms with Gasteiger partial charge in [-0.25, -0.2) is 13.8 Å². The molecular weight excluding hydrogens is 266 g/mol. The monoisotopic (exact) mass is 274 g/mol. The molecule has 0 amide bonds. The second kappa shape index (κ2) is 5.13. The summed E-state index contributed by atoms with van der Waals surface area (Å²) < 4.78 is 25.4. The van der Waals surface area contributed by atoms with Crippen molar-refractivity contribution in [2.45, 2.75) is 13.0 Å². The van der Waals surface area contributed by atoms with Gasteiger partial charge in [-0.3, -0.25) is 4.68 Å². The highest BCUT2D eigenvalue weighted by atomic mass is 35.5. The Bertz CT molecular complexity index is 544. The average Bonchev–Trinajstić information content (AvgIpc) is 2.70. The van der Waals surface area contributed by atoms with E-state index < -0.39 is 13.0 Å². The van der Waals surface area contributed by atoms with Gasteiger partial charge >= 0.3 is 0 Å². The van der Waals surface area contributed by atoms with E-state index >= 15 is 0 Å². The fourth-order valence-corrected chi connectivity index (χ4v) is 1.33. The second-order valence-electron chi connectivity index (χ2n) is 3.39. The van der Waals surface area contributed by atoms with Crippen LogP contribution in [0.2, 0.25) is 5.02 Å². The Balaban J connectivity index is 2.08. The van der Waals surface area contributed by atoms with E-state index in [9.17, 15) is 8.78 Å². The number of hydrogen-bond acceptors (Lipinski definition) is 5. The summed E-state index contributed by atoms with van der Waals surface area (Å²) in [5.41, 5.74) is 5.99. The lowest BCUT2D eigenvalue weighted by Crippen LogP contribution is -2.06. The van der Waals surface area contributed by atoms with Crippen LogP contribution in [-0.4, -0.2) is 26.2 Å². The first kappa shape index (κ1) is 12.5. The number of rotatable bonds is 4. The van der Waals surface area contributed by atoms with Crippen LogP contribution in [0.3, 0.4) is 0 Å². The van der Waals surface area contributed by atoms with Crippen LogP contribution in [0.25, 0.3) is 0 Å². The van der Waals surface area contributed by atoms with Crippen LogP contribution in [-0.2, 0) is 6.54 Å². The molecule has 2 rings (SSSR count). The van der Waals surface area contributed by atoms with Crippen LogP contribution >= 0.6 is 11.6 Å². The van der Waals surface area contributed by atoms with Crippen LogP contribution < -0.4 is 11.1 Å². The van der Waals surface area contributed by atoms with Gasteiger partial charge in [-0.2, -0.15) is 10.1 Å². The SMILES string of the molecule is Nc1nc(Nc2cnn(CC(F)F)c2)ncc1Cl. The van der Waals surface area contributed by atoms with Gasteiger partial charge < -0.3 is 11.1 Å². The van der Waals surface area contributed by atoms with Crippen LogP contribution in [0.1, 0.15) is 0 Å². The summed E-state index contributed by atoms with van der Waals surface area (Å²) in [6.07, 6.45) is 1.69. The molecule has 6 nitrogen and oxygen atoms in total. The Hall–Kier alpha value is -1.96. The van der Waals surface area contributed by atoms with Crippen molar-refractivity contribution in [3.05, 3.63) is 23.6 Å². The van der Waals surface area contributed by atoms with Crippen LogP contribution in [0.5, 0.6) is 0 Å².